The zero-order valence-electron chi connectivity index (χ0n) is 9.04. The molecule has 0 aliphatic carbocycles. The van der Waals surface area contributed by atoms with Crippen LogP contribution in [-0.2, 0) is 0 Å². The molecule has 0 spiro atoms. The SMILES string of the molecule is Cc1ccc(N2CCC(N)CC2)cc1F. The fraction of sp³-hybridized carbons (Fsp3) is 0.500. The van der Waals surface area contributed by atoms with Crippen LogP contribution < -0.4 is 10.6 Å². The lowest BCUT2D eigenvalue weighted by atomic mass is 10.1. The topological polar surface area (TPSA) is 29.3 Å². The molecule has 1 aromatic carbocycles. The first-order valence-corrected chi connectivity index (χ1v) is 5.43. The third-order valence-electron chi connectivity index (χ3n) is 3.06. The number of nitrogens with zero attached hydrogens (tertiary/aromatic N) is 1. The largest absolute Gasteiger partial charge is 0.371 e. The van der Waals surface area contributed by atoms with Crippen molar-refractivity contribution in [3.63, 3.8) is 0 Å². The Morgan fingerprint density at radius 2 is 2.00 bits per heavy atom. The van der Waals surface area contributed by atoms with Crippen molar-refractivity contribution in [2.45, 2.75) is 25.8 Å². The van der Waals surface area contributed by atoms with E-state index < -0.39 is 0 Å². The highest BCUT2D eigenvalue weighted by Crippen LogP contribution is 2.21. The Morgan fingerprint density at radius 3 is 2.60 bits per heavy atom. The molecule has 0 unspecified atom stereocenters. The first kappa shape index (κ1) is 10.4. The fourth-order valence-corrected chi connectivity index (χ4v) is 1.94. The summed E-state index contributed by atoms with van der Waals surface area (Å²) >= 11 is 0. The van der Waals surface area contributed by atoms with Gasteiger partial charge in [-0.3, -0.25) is 0 Å². The van der Waals surface area contributed by atoms with Crippen LogP contribution in [0.15, 0.2) is 18.2 Å². The summed E-state index contributed by atoms with van der Waals surface area (Å²) in [6.45, 7) is 3.65. The van der Waals surface area contributed by atoms with Gasteiger partial charge in [0.1, 0.15) is 5.82 Å². The van der Waals surface area contributed by atoms with Crippen molar-refractivity contribution in [3.05, 3.63) is 29.6 Å². The van der Waals surface area contributed by atoms with E-state index in [-0.39, 0.29) is 5.82 Å². The number of hydrogen-bond acceptors (Lipinski definition) is 2. The zero-order valence-corrected chi connectivity index (χ0v) is 9.04. The van der Waals surface area contributed by atoms with Gasteiger partial charge < -0.3 is 10.6 Å². The molecule has 1 aliphatic rings. The number of hydrogen-bond donors (Lipinski definition) is 1. The second-order valence-electron chi connectivity index (χ2n) is 4.26. The van der Waals surface area contributed by atoms with Crippen LogP contribution in [0.2, 0.25) is 0 Å². The van der Waals surface area contributed by atoms with E-state index in [1.54, 1.807) is 13.0 Å². The second kappa shape index (κ2) is 4.19. The average molecular weight is 208 g/mol. The molecule has 2 rings (SSSR count). The van der Waals surface area contributed by atoms with Gasteiger partial charge in [-0.1, -0.05) is 6.07 Å². The van der Waals surface area contributed by atoms with Crippen molar-refractivity contribution in [1.29, 1.82) is 0 Å². The molecule has 0 radical (unpaired) electrons. The lowest BCUT2D eigenvalue weighted by Gasteiger charge is -2.32. The predicted octanol–water partition coefficient (Wildman–Crippen LogP) is 2.06. The number of benzene rings is 1. The first-order chi connectivity index (χ1) is 7.16. The Bertz CT molecular complexity index is 343. The standard InChI is InChI=1S/C12H17FN2/c1-9-2-3-11(8-12(9)13)15-6-4-10(14)5-7-15/h2-3,8,10H,4-7,14H2,1H3. The third kappa shape index (κ3) is 2.29. The van der Waals surface area contributed by atoms with Crippen molar-refractivity contribution >= 4 is 5.69 Å². The maximum absolute atomic E-state index is 13.4. The zero-order chi connectivity index (χ0) is 10.8. The van der Waals surface area contributed by atoms with Crippen LogP contribution in [0.3, 0.4) is 0 Å². The van der Waals surface area contributed by atoms with Crippen molar-refractivity contribution in [3.8, 4) is 0 Å². The van der Waals surface area contributed by atoms with Crippen molar-refractivity contribution < 1.29 is 4.39 Å². The van der Waals surface area contributed by atoms with E-state index >= 15 is 0 Å². The van der Waals surface area contributed by atoms with Gasteiger partial charge in [0.05, 0.1) is 0 Å². The van der Waals surface area contributed by atoms with Gasteiger partial charge >= 0.3 is 0 Å². The Hall–Kier alpha value is -1.09. The highest BCUT2D eigenvalue weighted by molar-refractivity contribution is 5.48. The summed E-state index contributed by atoms with van der Waals surface area (Å²) in [5.41, 5.74) is 7.51. The van der Waals surface area contributed by atoms with Gasteiger partial charge in [-0.15, -0.1) is 0 Å². The van der Waals surface area contributed by atoms with Crippen LogP contribution in [0, 0.1) is 12.7 Å². The maximum atomic E-state index is 13.4. The number of rotatable bonds is 1. The molecular formula is C12H17FN2. The molecular weight excluding hydrogens is 191 g/mol. The minimum Gasteiger partial charge on any atom is -0.371 e. The number of anilines is 1. The van der Waals surface area contributed by atoms with E-state index in [4.69, 9.17) is 5.73 Å². The highest BCUT2D eigenvalue weighted by atomic mass is 19.1. The summed E-state index contributed by atoms with van der Waals surface area (Å²) in [7, 11) is 0. The average Bonchev–Trinajstić information content (AvgIpc) is 2.23. The van der Waals surface area contributed by atoms with Gasteiger partial charge in [-0.2, -0.15) is 0 Å². The number of halogens is 1. The first-order valence-electron chi connectivity index (χ1n) is 5.43. The molecule has 1 aromatic rings. The number of aryl methyl sites for hydroxylation is 1. The van der Waals surface area contributed by atoms with E-state index in [1.807, 2.05) is 12.1 Å². The number of nitrogens with two attached hydrogens (primary N) is 1. The monoisotopic (exact) mass is 208 g/mol. The summed E-state index contributed by atoms with van der Waals surface area (Å²) in [4.78, 5) is 2.20. The molecule has 82 valence electrons. The van der Waals surface area contributed by atoms with Crippen molar-refractivity contribution in [1.82, 2.24) is 0 Å². The van der Waals surface area contributed by atoms with E-state index in [1.165, 1.54) is 0 Å². The predicted molar refractivity (Wildman–Crippen MR) is 60.6 cm³/mol. The molecule has 1 aliphatic heterocycles. The molecule has 3 heteroatoms. The van der Waals surface area contributed by atoms with Crippen LogP contribution in [0.4, 0.5) is 10.1 Å². The lowest BCUT2D eigenvalue weighted by Crippen LogP contribution is -2.39. The van der Waals surface area contributed by atoms with Crippen LogP contribution in [0.25, 0.3) is 0 Å². The van der Waals surface area contributed by atoms with Crippen LogP contribution in [-0.4, -0.2) is 19.1 Å². The van der Waals surface area contributed by atoms with Crippen molar-refractivity contribution in [2.24, 2.45) is 5.73 Å². The fourth-order valence-electron chi connectivity index (χ4n) is 1.94. The molecule has 15 heavy (non-hydrogen) atoms. The van der Waals surface area contributed by atoms with Gasteiger partial charge in [0.15, 0.2) is 0 Å². The quantitative estimate of drug-likeness (QED) is 0.765. The summed E-state index contributed by atoms with van der Waals surface area (Å²) < 4.78 is 13.4. The maximum Gasteiger partial charge on any atom is 0.128 e. The smallest absolute Gasteiger partial charge is 0.128 e. The van der Waals surface area contributed by atoms with E-state index in [0.29, 0.717) is 11.6 Å². The third-order valence-corrected chi connectivity index (χ3v) is 3.06. The molecule has 1 heterocycles. The van der Waals surface area contributed by atoms with E-state index in [9.17, 15) is 4.39 Å². The van der Waals surface area contributed by atoms with Gasteiger partial charge in [0, 0.05) is 24.8 Å². The molecule has 0 aromatic heterocycles. The van der Waals surface area contributed by atoms with Gasteiger partial charge in [-0.25, -0.2) is 4.39 Å². The summed E-state index contributed by atoms with van der Waals surface area (Å²) in [6.07, 6.45) is 1.99. The lowest BCUT2D eigenvalue weighted by molar-refractivity contribution is 0.500. The molecule has 1 fully saturated rings. The Kier molecular flexibility index (Phi) is 2.91. The normalized spacial score (nSPS) is 18.2. The molecule has 0 saturated carbocycles. The minimum atomic E-state index is -0.123. The molecule has 2 nitrogen and oxygen atoms in total. The van der Waals surface area contributed by atoms with E-state index in [0.717, 1.165) is 31.6 Å². The summed E-state index contributed by atoms with van der Waals surface area (Å²) in [6, 6.07) is 5.75. The Labute approximate surface area is 89.9 Å². The van der Waals surface area contributed by atoms with Crippen LogP contribution in [0.5, 0.6) is 0 Å². The second-order valence-corrected chi connectivity index (χ2v) is 4.26. The minimum absolute atomic E-state index is 0.123. The Balaban J connectivity index is 2.12. The molecule has 1 saturated heterocycles. The summed E-state index contributed by atoms with van der Waals surface area (Å²) in [5, 5.41) is 0. The Morgan fingerprint density at radius 1 is 1.33 bits per heavy atom. The molecule has 0 atom stereocenters. The van der Waals surface area contributed by atoms with Gasteiger partial charge in [0.2, 0.25) is 0 Å². The van der Waals surface area contributed by atoms with Crippen molar-refractivity contribution in [2.75, 3.05) is 18.0 Å². The summed E-state index contributed by atoms with van der Waals surface area (Å²) in [5.74, 6) is -0.123. The van der Waals surface area contributed by atoms with Gasteiger partial charge in [-0.05, 0) is 37.5 Å². The number of piperidine rings is 1. The highest BCUT2D eigenvalue weighted by Gasteiger charge is 2.16. The molecule has 0 bridgehead atoms. The molecule has 0 amide bonds. The van der Waals surface area contributed by atoms with E-state index in [2.05, 4.69) is 4.90 Å². The van der Waals surface area contributed by atoms with Gasteiger partial charge in [0.25, 0.3) is 0 Å². The van der Waals surface area contributed by atoms with Crippen LogP contribution >= 0.6 is 0 Å². The van der Waals surface area contributed by atoms with Crippen LogP contribution in [0.1, 0.15) is 18.4 Å². The molecule has 2 N–H and O–H groups in total.